The van der Waals surface area contributed by atoms with Gasteiger partial charge < -0.3 is 34.1 Å². The zero-order valence-electron chi connectivity index (χ0n) is 23.0. The minimum Gasteiger partial charge on any atom is -0.479 e. The number of carbonyl (C=O) groups excluding carboxylic acids is 1. The molecule has 5 rings (SSSR count). The van der Waals surface area contributed by atoms with Gasteiger partial charge in [-0.1, -0.05) is 48.5 Å². The lowest BCUT2D eigenvalue weighted by Gasteiger charge is -2.21. The van der Waals surface area contributed by atoms with Crippen LogP contribution in [0, 0.1) is 5.92 Å². The monoisotopic (exact) mass is 596 g/mol. The van der Waals surface area contributed by atoms with Gasteiger partial charge in [0.1, 0.15) is 25.1 Å². The van der Waals surface area contributed by atoms with Gasteiger partial charge in [0.25, 0.3) is 0 Å². The zero-order valence-corrected chi connectivity index (χ0v) is 23.9. The fourth-order valence-corrected chi connectivity index (χ4v) is 5.71. The molecule has 3 heterocycles. The van der Waals surface area contributed by atoms with E-state index in [9.17, 15) is 9.90 Å². The van der Waals surface area contributed by atoms with Crippen molar-refractivity contribution in [2.75, 3.05) is 32.6 Å². The third-order valence-corrected chi connectivity index (χ3v) is 7.76. The lowest BCUT2D eigenvalue weighted by Crippen LogP contribution is -2.25. The minimum absolute atomic E-state index is 0.0122. The fourth-order valence-electron chi connectivity index (χ4n) is 4.63. The van der Waals surface area contributed by atoms with Gasteiger partial charge in [0.15, 0.2) is 11.2 Å². The smallest absolute Gasteiger partial charge is 0.320 e. The summed E-state index contributed by atoms with van der Waals surface area (Å²) in [6.07, 6.45) is 1.90. The van der Waals surface area contributed by atoms with Crippen molar-refractivity contribution in [3.63, 3.8) is 0 Å². The van der Waals surface area contributed by atoms with E-state index in [-0.39, 0.29) is 50.2 Å². The first-order valence-electron chi connectivity index (χ1n) is 13.4. The van der Waals surface area contributed by atoms with E-state index in [1.165, 1.54) is 7.11 Å². The highest BCUT2D eigenvalue weighted by molar-refractivity contribution is 7.45. The Labute approximate surface area is 243 Å². The summed E-state index contributed by atoms with van der Waals surface area (Å²) in [4.78, 5) is 25.3. The molecule has 2 aromatic heterocycles. The first kappa shape index (κ1) is 29.6. The third kappa shape index (κ3) is 7.50. The molecule has 0 aliphatic carbocycles. The molecule has 1 saturated heterocycles. The second-order valence-electron chi connectivity index (χ2n) is 9.51. The maximum atomic E-state index is 12.4. The number of rotatable bonds is 14. The van der Waals surface area contributed by atoms with Crippen molar-refractivity contribution >= 4 is 31.6 Å². The molecular weight excluding hydrogens is 563 g/mol. The van der Waals surface area contributed by atoms with Gasteiger partial charge in [0.2, 0.25) is 11.8 Å². The number of para-hydroxylation sites is 1. The Morgan fingerprint density at radius 3 is 2.67 bits per heavy atom. The summed E-state index contributed by atoms with van der Waals surface area (Å²) in [6.45, 7) is 0.239. The van der Waals surface area contributed by atoms with Gasteiger partial charge in [0, 0.05) is 12.5 Å². The number of hydrogen-bond acceptors (Lipinski definition) is 12. The average Bonchev–Trinajstić information content (AvgIpc) is 3.61. The predicted octanol–water partition coefficient (Wildman–Crippen LogP) is 3.36. The SMILES string of the molecule is COc1nc(N)nc2c1ncn2C1OC(COP(NCC(=O)OCc2ccccc2)Oc2ccccc2)CC1CCO. The van der Waals surface area contributed by atoms with Crippen molar-refractivity contribution in [2.24, 2.45) is 5.92 Å². The molecule has 14 heteroatoms. The second-order valence-corrected chi connectivity index (χ2v) is 10.8. The number of ether oxygens (including phenoxy) is 3. The van der Waals surface area contributed by atoms with Crippen molar-refractivity contribution in [2.45, 2.75) is 31.8 Å². The van der Waals surface area contributed by atoms with Crippen LogP contribution in [0.4, 0.5) is 5.95 Å². The second kappa shape index (κ2) is 14.3. The third-order valence-electron chi connectivity index (χ3n) is 6.58. The Kier molecular flexibility index (Phi) is 10.1. The van der Waals surface area contributed by atoms with E-state index in [0.29, 0.717) is 29.8 Å². The molecule has 4 N–H and O–H groups in total. The molecule has 1 aliphatic rings. The summed E-state index contributed by atoms with van der Waals surface area (Å²) in [5.41, 5.74) is 7.72. The standard InChI is InChI=1S/C28H33N6O7P/c1-37-26-24-25(32-28(29)33-26)34(18-30-24)27-20(12-13-35)14-22(40-27)17-39-42(41-21-10-6-3-7-11-21)31-15-23(36)38-16-19-8-4-2-5-9-19/h2-11,18,20,22,27,31,35H,12-17H2,1H3,(H2,29,32,33). The molecular formula is C28H33N6O7P. The van der Waals surface area contributed by atoms with Crippen LogP contribution < -0.4 is 20.1 Å². The van der Waals surface area contributed by atoms with Gasteiger partial charge >= 0.3 is 14.5 Å². The Morgan fingerprint density at radius 2 is 1.93 bits per heavy atom. The summed E-state index contributed by atoms with van der Waals surface area (Å²) in [6, 6.07) is 18.6. The van der Waals surface area contributed by atoms with Crippen LogP contribution in [0.2, 0.25) is 0 Å². The van der Waals surface area contributed by atoms with E-state index < -0.39 is 20.7 Å². The Hall–Kier alpha value is -3.87. The number of benzene rings is 2. The fraction of sp³-hybridized carbons (Fsp3) is 0.357. The molecule has 1 fully saturated rings. The van der Waals surface area contributed by atoms with Crippen molar-refractivity contribution in [3.05, 3.63) is 72.6 Å². The number of nitrogens with one attached hydrogen (secondary N) is 1. The highest BCUT2D eigenvalue weighted by Gasteiger charge is 2.38. The highest BCUT2D eigenvalue weighted by Crippen LogP contribution is 2.41. The van der Waals surface area contributed by atoms with Gasteiger partial charge in [0.05, 0.1) is 26.1 Å². The molecule has 4 atom stereocenters. The quantitative estimate of drug-likeness (QED) is 0.144. The molecule has 0 radical (unpaired) electrons. The number of hydrogen-bond donors (Lipinski definition) is 3. The van der Waals surface area contributed by atoms with E-state index in [1.54, 1.807) is 23.0 Å². The summed E-state index contributed by atoms with van der Waals surface area (Å²) in [7, 11) is -0.237. The lowest BCUT2D eigenvalue weighted by atomic mass is 10.00. The normalized spacial score (nSPS) is 19.0. The van der Waals surface area contributed by atoms with E-state index in [2.05, 4.69) is 20.0 Å². The lowest BCUT2D eigenvalue weighted by molar-refractivity contribution is -0.143. The number of aromatic nitrogens is 4. The highest BCUT2D eigenvalue weighted by atomic mass is 31.2. The molecule has 0 amide bonds. The number of aliphatic hydroxyl groups is 1. The van der Waals surface area contributed by atoms with E-state index in [0.717, 1.165) is 5.56 Å². The largest absolute Gasteiger partial charge is 0.479 e. The molecule has 1 aliphatic heterocycles. The number of imidazole rings is 1. The first-order valence-corrected chi connectivity index (χ1v) is 14.6. The topological polar surface area (TPSA) is 165 Å². The van der Waals surface area contributed by atoms with Gasteiger partial charge in [-0.05, 0) is 30.5 Å². The maximum Gasteiger partial charge on any atom is 0.320 e. The summed E-state index contributed by atoms with van der Waals surface area (Å²) < 4.78 is 31.0. The Bertz CT molecular complexity index is 1440. The number of nitrogens with zero attached hydrogens (tertiary/aromatic N) is 4. The van der Waals surface area contributed by atoms with Crippen LogP contribution in [-0.4, -0.2) is 63.6 Å². The van der Waals surface area contributed by atoms with Gasteiger partial charge in [-0.15, -0.1) is 0 Å². The van der Waals surface area contributed by atoms with Crippen LogP contribution >= 0.6 is 8.53 Å². The van der Waals surface area contributed by atoms with Crippen LogP contribution in [-0.2, 0) is 25.4 Å². The summed E-state index contributed by atoms with van der Waals surface area (Å²) in [5.74, 6) is 0.425. The number of fused-ring (bicyclic) bond motifs is 1. The molecule has 0 saturated carbocycles. The van der Waals surface area contributed by atoms with Crippen LogP contribution in [0.1, 0.15) is 24.6 Å². The number of anilines is 1. The molecule has 13 nitrogen and oxygen atoms in total. The number of esters is 1. The molecule has 0 bridgehead atoms. The number of nitrogens with two attached hydrogens (primary N) is 1. The molecule has 222 valence electrons. The number of methoxy groups -OCH3 is 1. The number of aliphatic hydroxyl groups excluding tert-OH is 1. The van der Waals surface area contributed by atoms with Crippen LogP contribution in [0.25, 0.3) is 11.2 Å². The van der Waals surface area contributed by atoms with Crippen LogP contribution in [0.3, 0.4) is 0 Å². The average molecular weight is 597 g/mol. The van der Waals surface area contributed by atoms with Gasteiger partial charge in [-0.25, -0.2) is 10.1 Å². The van der Waals surface area contributed by atoms with Crippen molar-refractivity contribution in [1.29, 1.82) is 0 Å². The first-order chi connectivity index (χ1) is 20.5. The van der Waals surface area contributed by atoms with Crippen molar-refractivity contribution < 1.29 is 33.2 Å². The Balaban J connectivity index is 1.23. The summed E-state index contributed by atoms with van der Waals surface area (Å²) in [5, 5.41) is 12.8. The van der Waals surface area contributed by atoms with Gasteiger partial charge in [-0.2, -0.15) is 9.97 Å². The summed E-state index contributed by atoms with van der Waals surface area (Å²) >= 11 is 0. The van der Waals surface area contributed by atoms with E-state index in [4.69, 9.17) is 29.0 Å². The van der Waals surface area contributed by atoms with Crippen LogP contribution in [0.5, 0.6) is 11.6 Å². The molecule has 4 unspecified atom stereocenters. The molecule has 42 heavy (non-hydrogen) atoms. The Morgan fingerprint density at radius 1 is 1.17 bits per heavy atom. The molecule has 0 spiro atoms. The number of nitrogen functional groups attached to an aromatic ring is 1. The predicted molar refractivity (Wildman–Crippen MR) is 154 cm³/mol. The minimum atomic E-state index is -1.72. The van der Waals surface area contributed by atoms with E-state index >= 15 is 0 Å². The maximum absolute atomic E-state index is 12.4. The molecule has 4 aromatic rings. The van der Waals surface area contributed by atoms with Crippen LogP contribution in [0.15, 0.2) is 67.0 Å². The molecule has 2 aromatic carbocycles. The number of carbonyl (C=O) groups is 1. The van der Waals surface area contributed by atoms with Crippen molar-refractivity contribution in [3.8, 4) is 11.6 Å². The van der Waals surface area contributed by atoms with Gasteiger partial charge in [-0.3, -0.25) is 9.36 Å². The zero-order chi connectivity index (χ0) is 29.3. The van der Waals surface area contributed by atoms with Crippen molar-refractivity contribution in [1.82, 2.24) is 24.6 Å². The van der Waals surface area contributed by atoms with E-state index in [1.807, 2.05) is 48.5 Å².